The molecule has 108 valence electrons. The van der Waals surface area contributed by atoms with E-state index in [0.29, 0.717) is 17.7 Å². The van der Waals surface area contributed by atoms with E-state index in [1.54, 1.807) is 0 Å². The zero-order valence-electron chi connectivity index (χ0n) is 13.2. The maximum Gasteiger partial charge on any atom is 0.0480 e. The molecule has 1 aromatic rings. The van der Waals surface area contributed by atoms with Crippen molar-refractivity contribution in [2.24, 2.45) is 0 Å². The van der Waals surface area contributed by atoms with Crippen molar-refractivity contribution in [3.63, 3.8) is 0 Å². The Balaban J connectivity index is 3.73. The van der Waals surface area contributed by atoms with Crippen LogP contribution in [0.2, 0.25) is 0 Å². The Labute approximate surface area is 132 Å². The van der Waals surface area contributed by atoms with Crippen LogP contribution in [0.1, 0.15) is 82.6 Å². The molecule has 1 aromatic carbocycles. The van der Waals surface area contributed by atoms with Gasteiger partial charge in [-0.05, 0) is 39.5 Å². The van der Waals surface area contributed by atoms with E-state index >= 15 is 0 Å². The van der Waals surface area contributed by atoms with Crippen LogP contribution in [0, 0.1) is 0 Å². The first-order valence-corrected chi connectivity index (χ1v) is 8.35. The minimum Gasteiger partial charge on any atom is -0.122 e. The molecule has 0 amide bonds. The van der Waals surface area contributed by atoms with Gasteiger partial charge in [0.05, 0.1) is 0 Å². The highest BCUT2D eigenvalue weighted by molar-refractivity contribution is 9.10. The van der Waals surface area contributed by atoms with Crippen LogP contribution in [0.5, 0.6) is 0 Å². The van der Waals surface area contributed by atoms with Crippen molar-refractivity contribution in [2.45, 2.75) is 71.6 Å². The molecular weight excluding hydrogens is 320 g/mol. The third kappa shape index (κ3) is 3.55. The summed E-state index contributed by atoms with van der Waals surface area (Å²) in [7, 11) is 0. The van der Waals surface area contributed by atoms with Crippen LogP contribution in [0.3, 0.4) is 0 Å². The summed E-state index contributed by atoms with van der Waals surface area (Å²) in [6.45, 7) is 15.8. The van der Waals surface area contributed by atoms with Crippen LogP contribution < -0.4 is 0 Å². The highest BCUT2D eigenvalue weighted by atomic mass is 79.9. The lowest BCUT2D eigenvalue weighted by molar-refractivity contribution is 0.582. The number of hydrogen-bond acceptors (Lipinski definition) is 0. The summed E-state index contributed by atoms with van der Waals surface area (Å²) in [5, 5.41) is 0. The molecule has 0 saturated carbocycles. The Hall–Kier alpha value is -0.0100. The second kappa shape index (κ2) is 6.18. The van der Waals surface area contributed by atoms with Gasteiger partial charge in [0.1, 0.15) is 0 Å². The fourth-order valence-corrected chi connectivity index (χ4v) is 4.26. The maximum absolute atomic E-state index is 6.24. The fourth-order valence-electron chi connectivity index (χ4n) is 2.55. The fraction of sp³-hybridized carbons (Fsp3) is 0.647. The van der Waals surface area contributed by atoms with Gasteiger partial charge in [0.25, 0.3) is 0 Å². The van der Waals surface area contributed by atoms with Crippen molar-refractivity contribution >= 4 is 27.5 Å². The molecule has 0 spiro atoms. The van der Waals surface area contributed by atoms with Gasteiger partial charge in [-0.25, -0.2) is 0 Å². The second-order valence-corrected chi connectivity index (χ2v) is 7.97. The molecule has 2 heteroatoms. The van der Waals surface area contributed by atoms with E-state index in [9.17, 15) is 0 Å². The van der Waals surface area contributed by atoms with Gasteiger partial charge in [0.15, 0.2) is 0 Å². The van der Waals surface area contributed by atoms with Crippen LogP contribution >= 0.6 is 27.5 Å². The normalized spacial score (nSPS) is 12.6. The second-order valence-electron chi connectivity index (χ2n) is 6.91. The average Bonchev–Trinajstić information content (AvgIpc) is 2.25. The zero-order chi connectivity index (χ0) is 15.0. The molecule has 0 atom stereocenters. The summed E-state index contributed by atoms with van der Waals surface area (Å²) < 4.78 is 1.25. The molecule has 0 N–H and O–H groups in total. The van der Waals surface area contributed by atoms with Gasteiger partial charge < -0.3 is 0 Å². The molecule has 0 aliphatic heterocycles. The summed E-state index contributed by atoms with van der Waals surface area (Å²) in [6, 6.07) is 2.35. The molecule has 0 aromatic heterocycles. The van der Waals surface area contributed by atoms with Gasteiger partial charge in [-0.15, -0.1) is 11.6 Å². The first-order chi connectivity index (χ1) is 8.61. The summed E-state index contributed by atoms with van der Waals surface area (Å²) in [6.07, 6.45) is 0. The van der Waals surface area contributed by atoms with E-state index in [1.807, 2.05) is 0 Å². The molecule has 1 rings (SSSR count). The van der Waals surface area contributed by atoms with Crippen molar-refractivity contribution in [3.8, 4) is 0 Å². The zero-order valence-corrected chi connectivity index (χ0v) is 15.5. The third-order valence-electron chi connectivity index (χ3n) is 3.59. The summed E-state index contributed by atoms with van der Waals surface area (Å²) in [5.41, 5.74) is 5.61. The van der Waals surface area contributed by atoms with E-state index in [0.717, 1.165) is 0 Å². The number of halogens is 2. The quantitative estimate of drug-likeness (QED) is 0.532. The maximum atomic E-state index is 6.24. The van der Waals surface area contributed by atoms with Crippen molar-refractivity contribution in [3.05, 3.63) is 32.8 Å². The predicted molar refractivity (Wildman–Crippen MR) is 90.6 cm³/mol. The van der Waals surface area contributed by atoms with E-state index < -0.39 is 0 Å². The van der Waals surface area contributed by atoms with Crippen molar-refractivity contribution < 1.29 is 0 Å². The van der Waals surface area contributed by atoms with Gasteiger partial charge >= 0.3 is 0 Å². The minimum atomic E-state index is 0.136. The minimum absolute atomic E-state index is 0.136. The van der Waals surface area contributed by atoms with Gasteiger partial charge in [-0.1, -0.05) is 70.5 Å². The summed E-state index contributed by atoms with van der Waals surface area (Å²) in [5.74, 6) is 1.56. The van der Waals surface area contributed by atoms with Crippen LogP contribution in [-0.4, -0.2) is 0 Å². The van der Waals surface area contributed by atoms with Crippen molar-refractivity contribution in [1.29, 1.82) is 0 Å². The Morgan fingerprint density at radius 2 is 1.63 bits per heavy atom. The molecule has 0 nitrogen and oxygen atoms in total. The van der Waals surface area contributed by atoms with Gasteiger partial charge in [0, 0.05) is 10.4 Å². The van der Waals surface area contributed by atoms with Crippen LogP contribution in [-0.2, 0) is 11.3 Å². The van der Waals surface area contributed by atoms with E-state index in [4.69, 9.17) is 11.6 Å². The van der Waals surface area contributed by atoms with Gasteiger partial charge in [-0.3, -0.25) is 0 Å². The van der Waals surface area contributed by atoms with E-state index in [2.05, 4.69) is 70.5 Å². The van der Waals surface area contributed by atoms with E-state index in [1.165, 1.54) is 26.7 Å². The van der Waals surface area contributed by atoms with Crippen molar-refractivity contribution in [2.75, 3.05) is 0 Å². The summed E-state index contributed by atoms with van der Waals surface area (Å²) >= 11 is 10.1. The lowest BCUT2D eigenvalue weighted by Gasteiger charge is -2.28. The molecule has 0 unspecified atom stereocenters. The molecule has 0 saturated heterocycles. The first-order valence-electron chi connectivity index (χ1n) is 7.02. The Kier molecular flexibility index (Phi) is 5.54. The topological polar surface area (TPSA) is 0 Å². The molecule has 0 aliphatic rings. The smallest absolute Gasteiger partial charge is 0.0480 e. The van der Waals surface area contributed by atoms with Crippen LogP contribution in [0.15, 0.2) is 10.5 Å². The van der Waals surface area contributed by atoms with Gasteiger partial charge in [-0.2, -0.15) is 0 Å². The SMILES string of the molecule is CC(C)c1cc(C(C)(C)C)c(Br)c(C(C)C)c1CCl. The van der Waals surface area contributed by atoms with E-state index in [-0.39, 0.29) is 5.41 Å². The molecule has 0 heterocycles. The molecular formula is C17H26BrCl. The van der Waals surface area contributed by atoms with Crippen molar-refractivity contribution in [1.82, 2.24) is 0 Å². The molecule has 19 heavy (non-hydrogen) atoms. The predicted octanol–water partition coefficient (Wildman–Crippen LogP) is 6.73. The molecule has 0 fully saturated rings. The Morgan fingerprint density at radius 1 is 1.11 bits per heavy atom. The number of rotatable bonds is 3. The Morgan fingerprint density at radius 3 is 1.95 bits per heavy atom. The lowest BCUT2D eigenvalue weighted by Crippen LogP contribution is -2.16. The lowest BCUT2D eigenvalue weighted by atomic mass is 9.80. The highest BCUT2D eigenvalue weighted by Crippen LogP contribution is 2.41. The van der Waals surface area contributed by atoms with Crippen LogP contribution in [0.25, 0.3) is 0 Å². The largest absolute Gasteiger partial charge is 0.122 e. The first kappa shape index (κ1) is 17.0. The standard InChI is InChI=1S/C17H26BrCl/c1-10(2)12-8-14(17(5,6)7)16(18)15(11(3)4)13(12)9-19/h8,10-11H,9H2,1-7H3. The Bertz CT molecular complexity index is 453. The number of hydrogen-bond donors (Lipinski definition) is 0. The number of benzene rings is 1. The molecule has 0 radical (unpaired) electrons. The third-order valence-corrected chi connectivity index (χ3v) is 4.71. The average molecular weight is 346 g/mol. The summed E-state index contributed by atoms with van der Waals surface area (Å²) in [4.78, 5) is 0. The number of alkyl halides is 1. The molecule has 0 aliphatic carbocycles. The van der Waals surface area contributed by atoms with Crippen LogP contribution in [0.4, 0.5) is 0 Å². The van der Waals surface area contributed by atoms with Gasteiger partial charge in [0.2, 0.25) is 0 Å². The monoisotopic (exact) mass is 344 g/mol. The highest BCUT2D eigenvalue weighted by Gasteiger charge is 2.25. The molecule has 0 bridgehead atoms.